The van der Waals surface area contributed by atoms with E-state index in [0.29, 0.717) is 0 Å². The average Bonchev–Trinajstić information content (AvgIpc) is 2.68. The number of benzene rings is 1. The predicted octanol–water partition coefficient (Wildman–Crippen LogP) is 7.65. The van der Waals surface area contributed by atoms with Crippen molar-refractivity contribution < 1.29 is 9.90 Å². The van der Waals surface area contributed by atoms with Gasteiger partial charge >= 0.3 is 0 Å². The third kappa shape index (κ3) is 11.7. The summed E-state index contributed by atoms with van der Waals surface area (Å²) in [6, 6.07) is 7.33. The molecule has 3 nitrogen and oxygen atoms in total. The molecule has 1 rings (SSSR count). The van der Waals surface area contributed by atoms with Gasteiger partial charge in [0.25, 0.3) is 6.21 Å². The van der Waals surface area contributed by atoms with Gasteiger partial charge in [-0.2, -0.15) is 4.79 Å². The molecule has 1 N–H and O–H groups in total. The zero-order chi connectivity index (χ0) is 19.6. The normalized spacial score (nSPS) is 11.9. The molecule has 1 unspecified atom stereocenters. The van der Waals surface area contributed by atoms with Crippen LogP contribution in [-0.2, 0) is 0 Å². The first-order chi connectivity index (χ1) is 13.3. The van der Waals surface area contributed by atoms with Crippen molar-refractivity contribution in [2.24, 2.45) is 0 Å². The van der Waals surface area contributed by atoms with Crippen molar-refractivity contribution in [3.8, 4) is 5.75 Å². The number of unbranched alkanes of at least 4 members (excludes halogenated alkanes) is 13. The fraction of sp³-hybridized carbons (Fsp3) is 0.708. The van der Waals surface area contributed by atoms with Gasteiger partial charge in [-0.25, -0.2) is 0 Å². The summed E-state index contributed by atoms with van der Waals surface area (Å²) in [5.41, 5.74) is 9.74. The highest BCUT2D eigenvalue weighted by atomic mass is 16.3. The minimum atomic E-state index is -0.00599. The molecule has 0 amide bonds. The number of hydrogen-bond acceptors (Lipinski definition) is 1. The van der Waals surface area contributed by atoms with Gasteiger partial charge in [-0.1, -0.05) is 115 Å². The smallest absolute Gasteiger partial charge is 0.264 e. The van der Waals surface area contributed by atoms with Gasteiger partial charge in [0.15, 0.2) is 0 Å². The fourth-order valence-corrected chi connectivity index (χ4v) is 3.75. The van der Waals surface area contributed by atoms with Gasteiger partial charge in [-0.05, 0) is 12.5 Å². The third-order valence-electron chi connectivity index (χ3n) is 5.45. The Morgan fingerprint density at radius 2 is 1.30 bits per heavy atom. The first-order valence-electron chi connectivity index (χ1n) is 11.2. The van der Waals surface area contributed by atoms with E-state index in [4.69, 9.17) is 5.53 Å². The molecule has 0 heterocycles. The molecule has 27 heavy (non-hydrogen) atoms. The van der Waals surface area contributed by atoms with Crippen LogP contribution in [-0.4, -0.2) is 16.1 Å². The Hall–Kier alpha value is -1.60. The number of para-hydroxylation sites is 1. The molecule has 0 fully saturated rings. The summed E-state index contributed by atoms with van der Waals surface area (Å²) in [5, 5.41) is 9.98. The van der Waals surface area contributed by atoms with Crippen LogP contribution in [0.5, 0.6) is 5.75 Å². The van der Waals surface area contributed by atoms with Crippen LogP contribution in [0.1, 0.15) is 115 Å². The van der Waals surface area contributed by atoms with E-state index >= 15 is 0 Å². The summed E-state index contributed by atoms with van der Waals surface area (Å²) in [4.78, 5) is 3.20. The largest absolute Gasteiger partial charge is 0.508 e. The van der Waals surface area contributed by atoms with Crippen LogP contribution in [0.4, 0.5) is 0 Å². The summed E-state index contributed by atoms with van der Waals surface area (Å²) < 4.78 is 0. The third-order valence-corrected chi connectivity index (χ3v) is 5.45. The van der Waals surface area contributed by atoms with Crippen LogP contribution in [0.2, 0.25) is 0 Å². The first kappa shape index (κ1) is 23.4. The minimum Gasteiger partial charge on any atom is -0.508 e. The molecular formula is C24H40N2O. The Balaban J connectivity index is 2.00. The van der Waals surface area contributed by atoms with Gasteiger partial charge in [-0.15, -0.1) is 0 Å². The fourth-order valence-electron chi connectivity index (χ4n) is 3.75. The monoisotopic (exact) mass is 372 g/mol. The van der Waals surface area contributed by atoms with Gasteiger partial charge in [-0.3, -0.25) is 0 Å². The summed E-state index contributed by atoms with van der Waals surface area (Å²) in [7, 11) is 0. The van der Waals surface area contributed by atoms with E-state index in [9.17, 15) is 5.11 Å². The van der Waals surface area contributed by atoms with Gasteiger partial charge in [0.2, 0.25) is 0 Å². The standard InChI is InChI=1S/C24H40N2O/c1-2-3-4-5-6-7-8-9-10-11-12-13-14-15-18-22(21-26-25)23-19-16-17-20-24(23)27/h16-17,19-22,27H,2-15,18H2,1H3. The molecule has 0 aliphatic carbocycles. The van der Waals surface area contributed by atoms with Crippen LogP contribution >= 0.6 is 0 Å². The Morgan fingerprint density at radius 3 is 1.78 bits per heavy atom. The number of nitrogens with zero attached hydrogens (tertiary/aromatic N) is 2. The molecule has 0 saturated carbocycles. The van der Waals surface area contributed by atoms with Crippen LogP contribution in [0.15, 0.2) is 24.3 Å². The maximum atomic E-state index is 9.98. The highest BCUT2D eigenvalue weighted by Gasteiger charge is 2.16. The quantitative estimate of drug-likeness (QED) is 0.130. The van der Waals surface area contributed by atoms with Crippen LogP contribution in [0.25, 0.3) is 5.53 Å². The molecule has 0 aliphatic heterocycles. The number of rotatable bonds is 17. The van der Waals surface area contributed by atoms with E-state index in [1.54, 1.807) is 6.07 Å². The Kier molecular flexibility index (Phi) is 14.4. The van der Waals surface area contributed by atoms with Crippen molar-refractivity contribution in [1.82, 2.24) is 0 Å². The lowest BCUT2D eigenvalue weighted by atomic mass is 9.93. The van der Waals surface area contributed by atoms with Crippen molar-refractivity contribution in [3.63, 3.8) is 0 Å². The van der Waals surface area contributed by atoms with Crippen molar-refractivity contribution in [2.45, 2.75) is 109 Å². The van der Waals surface area contributed by atoms with Crippen molar-refractivity contribution in [1.29, 1.82) is 0 Å². The van der Waals surface area contributed by atoms with Gasteiger partial charge in [0.1, 0.15) is 5.75 Å². The highest BCUT2D eigenvalue weighted by Crippen LogP contribution is 2.28. The van der Waals surface area contributed by atoms with E-state index in [2.05, 4.69) is 11.7 Å². The second-order valence-corrected chi connectivity index (χ2v) is 7.81. The Labute approximate surface area is 166 Å². The van der Waals surface area contributed by atoms with Gasteiger partial charge in [0.05, 0.1) is 5.92 Å². The second kappa shape index (κ2) is 16.6. The maximum Gasteiger partial charge on any atom is 0.264 e. The number of aromatic hydroxyl groups is 1. The predicted molar refractivity (Wildman–Crippen MR) is 115 cm³/mol. The van der Waals surface area contributed by atoms with Crippen molar-refractivity contribution in [2.75, 3.05) is 0 Å². The lowest BCUT2D eigenvalue weighted by molar-refractivity contribution is -0.000946. The molecule has 0 aliphatic rings. The molecule has 1 aromatic rings. The molecule has 0 saturated heterocycles. The summed E-state index contributed by atoms with van der Waals surface area (Å²) in [6.07, 6.45) is 21.4. The van der Waals surface area contributed by atoms with Crippen molar-refractivity contribution in [3.05, 3.63) is 35.4 Å². The molecule has 0 radical (unpaired) electrons. The topological polar surface area (TPSA) is 56.6 Å². The second-order valence-electron chi connectivity index (χ2n) is 7.81. The molecule has 152 valence electrons. The highest BCUT2D eigenvalue weighted by molar-refractivity contribution is 5.64. The Bertz CT molecular complexity index is 523. The number of phenols is 1. The molecule has 0 aromatic heterocycles. The SMILES string of the molecule is CCCCCCCCCCCCCCCCC(C=[N+]=[N-])c1ccccc1O. The van der Waals surface area contributed by atoms with Crippen LogP contribution in [0, 0.1) is 0 Å². The molecule has 1 aromatic carbocycles. The van der Waals surface area contributed by atoms with Crippen LogP contribution in [0.3, 0.4) is 0 Å². The van der Waals surface area contributed by atoms with Crippen LogP contribution < -0.4 is 0 Å². The molecule has 0 spiro atoms. The minimum absolute atomic E-state index is 0.00599. The molecule has 3 heteroatoms. The van der Waals surface area contributed by atoms with Crippen molar-refractivity contribution >= 4 is 6.21 Å². The van der Waals surface area contributed by atoms with Gasteiger partial charge < -0.3 is 10.6 Å². The van der Waals surface area contributed by atoms with E-state index in [1.807, 2.05) is 18.2 Å². The number of hydrogen-bond donors (Lipinski definition) is 1. The number of phenolic OH excluding ortho intramolecular Hbond substituents is 1. The average molecular weight is 373 g/mol. The van der Waals surface area contributed by atoms with E-state index < -0.39 is 0 Å². The van der Waals surface area contributed by atoms with E-state index in [-0.39, 0.29) is 11.7 Å². The first-order valence-corrected chi connectivity index (χ1v) is 11.2. The lowest BCUT2D eigenvalue weighted by Crippen LogP contribution is -2.01. The zero-order valence-corrected chi connectivity index (χ0v) is 17.4. The molecular weight excluding hydrogens is 332 g/mol. The Morgan fingerprint density at radius 1 is 0.815 bits per heavy atom. The molecule has 1 atom stereocenters. The van der Waals surface area contributed by atoms with E-state index in [0.717, 1.165) is 18.4 Å². The summed E-state index contributed by atoms with van der Waals surface area (Å²) in [5.74, 6) is 0.279. The van der Waals surface area contributed by atoms with Gasteiger partial charge in [0, 0.05) is 5.56 Å². The molecule has 0 bridgehead atoms. The van der Waals surface area contributed by atoms with E-state index in [1.165, 1.54) is 89.7 Å². The lowest BCUT2D eigenvalue weighted by Gasteiger charge is -2.10. The summed E-state index contributed by atoms with van der Waals surface area (Å²) in [6.45, 7) is 2.27. The maximum absolute atomic E-state index is 9.98. The summed E-state index contributed by atoms with van der Waals surface area (Å²) >= 11 is 0. The zero-order valence-electron chi connectivity index (χ0n) is 17.4.